The van der Waals surface area contributed by atoms with Crippen LogP contribution in [-0.2, 0) is 33.2 Å². The van der Waals surface area contributed by atoms with E-state index in [1.807, 2.05) is 33.8 Å². The Balaban J connectivity index is 1.60. The number of carbonyl (C=O) groups excluding carboxylic acids is 1. The molecule has 0 aromatic heterocycles. The maximum absolute atomic E-state index is 13.0. The molecule has 1 aromatic rings. The van der Waals surface area contributed by atoms with E-state index in [1.165, 1.54) is 0 Å². The fraction of sp³-hybridized carbons (Fsp3) is 0.708. The second kappa shape index (κ2) is 9.75. The number of benzene rings is 1. The van der Waals surface area contributed by atoms with Gasteiger partial charge in [0.15, 0.2) is 24.0 Å². The summed E-state index contributed by atoms with van der Waals surface area (Å²) in [5.74, 6) is -2.01. The smallest absolute Gasteiger partial charge is 0.338 e. The van der Waals surface area contributed by atoms with Crippen LogP contribution in [0.2, 0.25) is 0 Å². The zero-order valence-corrected chi connectivity index (χ0v) is 19.3. The first-order valence-corrected chi connectivity index (χ1v) is 11.4. The Bertz CT molecular complexity index is 759. The molecule has 1 aromatic carbocycles. The highest BCUT2D eigenvalue weighted by atomic mass is 16.8. The number of rotatable bonds is 7. The van der Waals surface area contributed by atoms with Crippen LogP contribution in [-0.4, -0.2) is 68.1 Å². The molecule has 0 spiro atoms. The van der Waals surface area contributed by atoms with E-state index >= 15 is 0 Å². The molecule has 0 radical (unpaired) electrons. The number of ether oxygens (including phenoxy) is 7. The lowest BCUT2D eigenvalue weighted by Crippen LogP contribution is -2.52. The Morgan fingerprint density at radius 1 is 0.938 bits per heavy atom. The molecule has 5 atom stereocenters. The molecule has 3 fully saturated rings. The van der Waals surface area contributed by atoms with Gasteiger partial charge in [0, 0.05) is 6.61 Å². The lowest BCUT2D eigenvalue weighted by Gasteiger charge is -2.36. The quantitative estimate of drug-likeness (QED) is 0.585. The molecule has 3 heterocycles. The highest BCUT2D eigenvalue weighted by molar-refractivity contribution is 5.89. The molecule has 32 heavy (non-hydrogen) atoms. The fourth-order valence-corrected chi connectivity index (χ4v) is 4.25. The summed E-state index contributed by atoms with van der Waals surface area (Å²) in [5, 5.41) is 0. The van der Waals surface area contributed by atoms with Crippen LogP contribution in [0, 0.1) is 0 Å². The van der Waals surface area contributed by atoms with Gasteiger partial charge in [0.2, 0.25) is 0 Å². The van der Waals surface area contributed by atoms with Crippen LogP contribution in [0.3, 0.4) is 0 Å². The average molecular weight is 451 g/mol. The van der Waals surface area contributed by atoms with Gasteiger partial charge in [-0.05, 0) is 59.1 Å². The Labute approximate surface area is 189 Å². The van der Waals surface area contributed by atoms with Crippen LogP contribution in [0.5, 0.6) is 0 Å². The second-order valence-electron chi connectivity index (χ2n) is 9.37. The minimum absolute atomic E-state index is 0.266. The summed E-state index contributed by atoms with van der Waals surface area (Å²) in [6, 6.07) is 8.87. The number of hydrogen-bond donors (Lipinski definition) is 0. The predicted octanol–water partition coefficient (Wildman–Crippen LogP) is 3.43. The van der Waals surface area contributed by atoms with Crippen molar-refractivity contribution in [3.8, 4) is 0 Å². The molecule has 0 saturated carbocycles. The summed E-state index contributed by atoms with van der Waals surface area (Å²) in [7, 11) is 0. The van der Waals surface area contributed by atoms with Gasteiger partial charge < -0.3 is 33.2 Å². The van der Waals surface area contributed by atoms with E-state index < -0.39 is 48.2 Å². The zero-order chi connectivity index (χ0) is 22.8. The highest BCUT2D eigenvalue weighted by Crippen LogP contribution is 2.34. The van der Waals surface area contributed by atoms with Gasteiger partial charge >= 0.3 is 5.97 Å². The normalized spacial score (nSPS) is 31.2. The van der Waals surface area contributed by atoms with E-state index in [2.05, 4.69) is 0 Å². The molecular formula is C24H34O8. The van der Waals surface area contributed by atoms with E-state index in [9.17, 15) is 4.79 Å². The lowest BCUT2D eigenvalue weighted by molar-refractivity contribution is -0.249. The lowest BCUT2D eigenvalue weighted by atomic mass is 10.0. The monoisotopic (exact) mass is 450 g/mol. The molecular weight excluding hydrogens is 416 g/mol. The predicted molar refractivity (Wildman–Crippen MR) is 114 cm³/mol. The summed E-state index contributed by atoms with van der Waals surface area (Å²) in [4.78, 5) is 13.0. The average Bonchev–Trinajstić information content (AvgIpc) is 3.32. The third-order valence-electron chi connectivity index (χ3n) is 5.82. The Morgan fingerprint density at radius 3 is 2.09 bits per heavy atom. The molecule has 3 aliphatic rings. The van der Waals surface area contributed by atoms with Gasteiger partial charge in [-0.15, -0.1) is 0 Å². The second-order valence-corrected chi connectivity index (χ2v) is 9.37. The fourth-order valence-electron chi connectivity index (χ4n) is 4.25. The van der Waals surface area contributed by atoms with Gasteiger partial charge in [0.25, 0.3) is 0 Å². The standard InChI is InChI=1S/C24H34O8/c1-23(2)27-14-17(31-23)20(29-19-12-8-9-13-26-19)21(18-15-28-24(3,4)32-18)30-22(25)16-10-6-5-7-11-16/h5-7,10-11,17-21H,8-9,12-15H2,1-4H3. The largest absolute Gasteiger partial charge is 0.453 e. The van der Waals surface area contributed by atoms with Crippen molar-refractivity contribution in [2.45, 2.75) is 89.2 Å². The van der Waals surface area contributed by atoms with Crippen LogP contribution in [0.25, 0.3) is 0 Å². The molecule has 8 nitrogen and oxygen atoms in total. The van der Waals surface area contributed by atoms with E-state index in [1.54, 1.807) is 24.3 Å². The molecule has 3 saturated heterocycles. The SMILES string of the molecule is CC1(C)OCC(C(OC(=O)c2ccccc2)C(OC2CCCCO2)C2COC(C)(C)O2)O1. The molecule has 0 N–H and O–H groups in total. The van der Waals surface area contributed by atoms with Crippen molar-refractivity contribution in [2.75, 3.05) is 19.8 Å². The topological polar surface area (TPSA) is 81.7 Å². The third-order valence-corrected chi connectivity index (χ3v) is 5.82. The van der Waals surface area contributed by atoms with Crippen molar-refractivity contribution in [1.82, 2.24) is 0 Å². The van der Waals surface area contributed by atoms with Crippen molar-refractivity contribution in [1.29, 1.82) is 0 Å². The Kier molecular flexibility index (Phi) is 7.19. The van der Waals surface area contributed by atoms with Crippen LogP contribution in [0.1, 0.15) is 57.3 Å². The van der Waals surface area contributed by atoms with Crippen molar-refractivity contribution in [2.24, 2.45) is 0 Å². The maximum Gasteiger partial charge on any atom is 0.338 e. The molecule has 178 valence electrons. The minimum atomic E-state index is -0.791. The first-order chi connectivity index (χ1) is 15.2. The zero-order valence-electron chi connectivity index (χ0n) is 19.3. The molecule has 5 unspecified atom stereocenters. The number of hydrogen-bond acceptors (Lipinski definition) is 8. The first kappa shape index (κ1) is 23.6. The van der Waals surface area contributed by atoms with E-state index in [-0.39, 0.29) is 6.61 Å². The summed E-state index contributed by atoms with van der Waals surface area (Å²) in [6.07, 6.45) is -0.0619. The summed E-state index contributed by atoms with van der Waals surface area (Å²) in [6.45, 7) is 8.58. The molecule has 0 amide bonds. The Hall–Kier alpha value is -1.55. The van der Waals surface area contributed by atoms with Crippen molar-refractivity contribution in [3.05, 3.63) is 35.9 Å². The van der Waals surface area contributed by atoms with Gasteiger partial charge in [-0.2, -0.15) is 0 Å². The molecule has 8 heteroatoms. The molecule has 0 aliphatic carbocycles. The van der Waals surface area contributed by atoms with Crippen molar-refractivity contribution >= 4 is 5.97 Å². The molecule has 0 bridgehead atoms. The van der Waals surface area contributed by atoms with E-state index in [0.717, 1.165) is 19.3 Å². The van der Waals surface area contributed by atoms with Crippen LogP contribution < -0.4 is 0 Å². The molecule has 4 rings (SSSR count). The van der Waals surface area contributed by atoms with Crippen molar-refractivity contribution in [3.63, 3.8) is 0 Å². The van der Waals surface area contributed by atoms with Gasteiger partial charge in [-0.1, -0.05) is 18.2 Å². The summed E-state index contributed by atoms with van der Waals surface area (Å²) < 4.78 is 42.1. The van der Waals surface area contributed by atoms with Gasteiger partial charge in [-0.3, -0.25) is 0 Å². The Morgan fingerprint density at radius 2 is 1.56 bits per heavy atom. The minimum Gasteiger partial charge on any atom is -0.453 e. The van der Waals surface area contributed by atoms with Crippen LogP contribution >= 0.6 is 0 Å². The van der Waals surface area contributed by atoms with Crippen LogP contribution in [0.4, 0.5) is 0 Å². The third kappa shape index (κ3) is 5.87. The summed E-state index contributed by atoms with van der Waals surface area (Å²) in [5.41, 5.74) is 0.451. The summed E-state index contributed by atoms with van der Waals surface area (Å²) >= 11 is 0. The number of carbonyl (C=O) groups is 1. The number of esters is 1. The van der Waals surface area contributed by atoms with E-state index in [4.69, 9.17) is 33.2 Å². The molecule has 3 aliphatic heterocycles. The first-order valence-electron chi connectivity index (χ1n) is 11.4. The maximum atomic E-state index is 13.0. The van der Waals surface area contributed by atoms with Gasteiger partial charge in [0.1, 0.15) is 18.3 Å². The van der Waals surface area contributed by atoms with Crippen LogP contribution in [0.15, 0.2) is 30.3 Å². The highest BCUT2D eigenvalue weighted by Gasteiger charge is 2.50. The van der Waals surface area contributed by atoms with Crippen molar-refractivity contribution < 1.29 is 38.0 Å². The van der Waals surface area contributed by atoms with Gasteiger partial charge in [0.05, 0.1) is 18.8 Å². The van der Waals surface area contributed by atoms with E-state index in [0.29, 0.717) is 18.8 Å². The van der Waals surface area contributed by atoms with Gasteiger partial charge in [-0.25, -0.2) is 4.79 Å².